The van der Waals surface area contributed by atoms with Crippen LogP contribution < -0.4 is 0 Å². The van der Waals surface area contributed by atoms with Crippen LogP contribution in [-0.2, 0) is 0 Å². The summed E-state index contributed by atoms with van der Waals surface area (Å²) in [7, 11) is 0. The monoisotopic (exact) mass is 280 g/mol. The maximum Gasteiger partial charge on any atom is 0.134 e. The molecule has 0 saturated carbocycles. The van der Waals surface area contributed by atoms with Gasteiger partial charge in [-0.25, -0.2) is 0 Å². The fourth-order valence-corrected chi connectivity index (χ4v) is 2.58. The highest BCUT2D eigenvalue weighted by Gasteiger charge is 2.14. The standard InChI is InChI=1S/C18H13ClO/c19-18-16(20)12-11-15(13-7-3-1-4-8-13)17(18)14-9-5-2-6-10-14/h1-12,20H. The van der Waals surface area contributed by atoms with Crippen molar-refractivity contribution >= 4 is 11.6 Å². The number of halogens is 1. The Labute approximate surface area is 123 Å². The molecule has 0 spiro atoms. The third kappa shape index (κ3) is 2.28. The first-order valence-corrected chi connectivity index (χ1v) is 6.77. The number of hydrogen-bond donors (Lipinski definition) is 1. The third-order valence-electron chi connectivity index (χ3n) is 3.27. The van der Waals surface area contributed by atoms with Gasteiger partial charge in [-0.1, -0.05) is 72.3 Å². The number of phenolic OH excluding ortho intramolecular Hbond substituents is 1. The Kier molecular flexibility index (Phi) is 3.44. The Morgan fingerprint density at radius 1 is 0.650 bits per heavy atom. The Balaban J connectivity index is 2.29. The molecule has 3 aromatic carbocycles. The molecule has 0 atom stereocenters. The summed E-state index contributed by atoms with van der Waals surface area (Å²) in [6.07, 6.45) is 0. The van der Waals surface area contributed by atoms with Crippen molar-refractivity contribution in [3.8, 4) is 28.0 Å². The van der Waals surface area contributed by atoms with Crippen molar-refractivity contribution in [3.63, 3.8) is 0 Å². The second-order valence-corrected chi connectivity index (χ2v) is 4.93. The summed E-state index contributed by atoms with van der Waals surface area (Å²) in [5.41, 5.74) is 3.94. The smallest absolute Gasteiger partial charge is 0.134 e. The number of phenols is 1. The summed E-state index contributed by atoms with van der Waals surface area (Å²) in [4.78, 5) is 0. The molecule has 0 aliphatic carbocycles. The number of benzene rings is 3. The molecule has 3 rings (SSSR count). The van der Waals surface area contributed by atoms with Crippen molar-refractivity contribution in [2.24, 2.45) is 0 Å². The second-order valence-electron chi connectivity index (χ2n) is 4.55. The summed E-state index contributed by atoms with van der Waals surface area (Å²) < 4.78 is 0. The molecule has 0 aliphatic heterocycles. The van der Waals surface area contributed by atoms with E-state index in [2.05, 4.69) is 0 Å². The molecule has 0 bridgehead atoms. The van der Waals surface area contributed by atoms with E-state index in [0.717, 1.165) is 22.3 Å². The Morgan fingerprint density at radius 3 is 1.80 bits per heavy atom. The van der Waals surface area contributed by atoms with Crippen LogP contribution in [0.5, 0.6) is 5.75 Å². The van der Waals surface area contributed by atoms with Crippen LogP contribution >= 0.6 is 11.6 Å². The zero-order chi connectivity index (χ0) is 13.9. The van der Waals surface area contributed by atoms with Crippen molar-refractivity contribution in [1.29, 1.82) is 0 Å². The van der Waals surface area contributed by atoms with E-state index in [0.29, 0.717) is 5.02 Å². The lowest BCUT2D eigenvalue weighted by Gasteiger charge is -2.13. The quantitative estimate of drug-likeness (QED) is 0.668. The van der Waals surface area contributed by atoms with Crippen LogP contribution in [0.3, 0.4) is 0 Å². The largest absolute Gasteiger partial charge is 0.506 e. The van der Waals surface area contributed by atoms with Crippen LogP contribution in [-0.4, -0.2) is 5.11 Å². The SMILES string of the molecule is Oc1ccc(-c2ccccc2)c(-c2ccccc2)c1Cl. The van der Waals surface area contributed by atoms with Crippen molar-refractivity contribution in [3.05, 3.63) is 77.8 Å². The topological polar surface area (TPSA) is 20.2 Å². The van der Waals surface area contributed by atoms with Gasteiger partial charge in [0, 0.05) is 5.56 Å². The van der Waals surface area contributed by atoms with Gasteiger partial charge in [-0.3, -0.25) is 0 Å². The summed E-state index contributed by atoms with van der Waals surface area (Å²) in [5, 5.41) is 10.3. The first kappa shape index (κ1) is 12.8. The van der Waals surface area contributed by atoms with Gasteiger partial charge in [0.15, 0.2) is 0 Å². The lowest BCUT2D eigenvalue weighted by Crippen LogP contribution is -1.87. The molecule has 1 nitrogen and oxygen atoms in total. The molecule has 0 unspecified atom stereocenters. The van der Waals surface area contributed by atoms with Crippen molar-refractivity contribution in [2.75, 3.05) is 0 Å². The van der Waals surface area contributed by atoms with Gasteiger partial charge in [0.05, 0.1) is 5.02 Å². The van der Waals surface area contributed by atoms with E-state index in [1.54, 1.807) is 6.07 Å². The predicted octanol–water partition coefficient (Wildman–Crippen LogP) is 5.38. The third-order valence-corrected chi connectivity index (χ3v) is 3.65. The summed E-state index contributed by atoms with van der Waals surface area (Å²) in [6, 6.07) is 23.4. The minimum Gasteiger partial charge on any atom is -0.506 e. The van der Waals surface area contributed by atoms with Gasteiger partial charge in [-0.2, -0.15) is 0 Å². The van der Waals surface area contributed by atoms with E-state index in [1.165, 1.54) is 0 Å². The highest BCUT2D eigenvalue weighted by atomic mass is 35.5. The molecular formula is C18H13ClO. The van der Waals surface area contributed by atoms with Crippen LogP contribution in [0.1, 0.15) is 0 Å². The van der Waals surface area contributed by atoms with Gasteiger partial charge in [0.1, 0.15) is 5.75 Å². The van der Waals surface area contributed by atoms with Crippen LogP contribution in [0.2, 0.25) is 5.02 Å². The first-order valence-electron chi connectivity index (χ1n) is 6.39. The lowest BCUT2D eigenvalue weighted by molar-refractivity contribution is 0.476. The molecule has 0 heterocycles. The van der Waals surface area contributed by atoms with E-state index in [9.17, 15) is 5.11 Å². The maximum atomic E-state index is 9.90. The second kappa shape index (κ2) is 5.40. The number of aromatic hydroxyl groups is 1. The van der Waals surface area contributed by atoms with E-state index < -0.39 is 0 Å². The minimum atomic E-state index is 0.102. The zero-order valence-corrected chi connectivity index (χ0v) is 11.5. The molecular weight excluding hydrogens is 268 g/mol. The molecule has 0 fully saturated rings. The molecule has 1 N–H and O–H groups in total. The van der Waals surface area contributed by atoms with E-state index in [4.69, 9.17) is 11.6 Å². The fourth-order valence-electron chi connectivity index (χ4n) is 2.31. The average Bonchev–Trinajstić information content (AvgIpc) is 2.51. The summed E-state index contributed by atoms with van der Waals surface area (Å²) >= 11 is 6.33. The van der Waals surface area contributed by atoms with Crippen LogP contribution in [0.15, 0.2) is 72.8 Å². The van der Waals surface area contributed by atoms with Gasteiger partial charge in [0.25, 0.3) is 0 Å². The molecule has 0 amide bonds. The number of rotatable bonds is 2. The minimum absolute atomic E-state index is 0.102. The molecule has 20 heavy (non-hydrogen) atoms. The molecule has 3 aromatic rings. The van der Waals surface area contributed by atoms with Gasteiger partial charge >= 0.3 is 0 Å². The Morgan fingerprint density at radius 2 is 1.20 bits per heavy atom. The summed E-state index contributed by atoms with van der Waals surface area (Å²) in [6.45, 7) is 0. The van der Waals surface area contributed by atoms with Crippen molar-refractivity contribution in [1.82, 2.24) is 0 Å². The highest BCUT2D eigenvalue weighted by Crippen LogP contribution is 2.41. The van der Waals surface area contributed by atoms with Crippen molar-refractivity contribution in [2.45, 2.75) is 0 Å². The van der Waals surface area contributed by atoms with E-state index >= 15 is 0 Å². The average molecular weight is 281 g/mol. The molecule has 98 valence electrons. The number of hydrogen-bond acceptors (Lipinski definition) is 1. The molecule has 2 heteroatoms. The van der Waals surface area contributed by atoms with Crippen LogP contribution in [0.4, 0.5) is 0 Å². The zero-order valence-electron chi connectivity index (χ0n) is 10.8. The normalized spacial score (nSPS) is 10.4. The van der Waals surface area contributed by atoms with Crippen LogP contribution in [0.25, 0.3) is 22.3 Å². The van der Waals surface area contributed by atoms with Gasteiger partial charge in [0.2, 0.25) is 0 Å². The summed E-state index contributed by atoms with van der Waals surface area (Å²) in [5.74, 6) is 0.102. The van der Waals surface area contributed by atoms with E-state index in [1.807, 2.05) is 66.7 Å². The molecule has 0 saturated heterocycles. The predicted molar refractivity (Wildman–Crippen MR) is 84.0 cm³/mol. The molecule has 0 aromatic heterocycles. The van der Waals surface area contributed by atoms with Crippen LogP contribution in [0, 0.1) is 0 Å². The Bertz CT molecular complexity index is 721. The van der Waals surface area contributed by atoms with Crippen molar-refractivity contribution < 1.29 is 5.11 Å². The molecule has 0 radical (unpaired) electrons. The fraction of sp³-hybridized carbons (Fsp3) is 0. The lowest BCUT2D eigenvalue weighted by atomic mass is 9.94. The molecule has 0 aliphatic rings. The maximum absolute atomic E-state index is 9.90. The van der Waals surface area contributed by atoms with E-state index in [-0.39, 0.29) is 5.75 Å². The Hall–Kier alpha value is -2.25. The van der Waals surface area contributed by atoms with Gasteiger partial charge in [-0.05, 0) is 28.8 Å². The highest BCUT2D eigenvalue weighted by molar-refractivity contribution is 6.35. The van der Waals surface area contributed by atoms with Gasteiger partial charge < -0.3 is 5.11 Å². The first-order chi connectivity index (χ1) is 9.77. The van der Waals surface area contributed by atoms with Gasteiger partial charge in [-0.15, -0.1) is 0 Å².